The average Bonchev–Trinajstić information content (AvgIpc) is 2.42. The van der Waals surface area contributed by atoms with E-state index in [0.29, 0.717) is 33.1 Å². The molecular formula is C14H8Cl2FN3. The number of benzene rings is 2. The Bertz CT molecular complexity index is 821. The van der Waals surface area contributed by atoms with Gasteiger partial charge in [-0.3, -0.25) is 0 Å². The van der Waals surface area contributed by atoms with E-state index >= 15 is 0 Å². The van der Waals surface area contributed by atoms with Gasteiger partial charge in [-0.2, -0.15) is 0 Å². The SMILES string of the molecule is Nc1nc(-c2ccc(Cl)c(F)c2)nc2ccc(Cl)cc12. The van der Waals surface area contributed by atoms with Crippen molar-refractivity contribution in [2.24, 2.45) is 0 Å². The predicted molar refractivity (Wildman–Crippen MR) is 79.4 cm³/mol. The molecule has 2 aromatic carbocycles. The first-order valence-corrected chi connectivity index (χ1v) is 6.48. The molecule has 0 atom stereocenters. The number of nitrogens with zero attached hydrogens (tertiary/aromatic N) is 2. The summed E-state index contributed by atoms with van der Waals surface area (Å²) in [5, 5.41) is 1.27. The van der Waals surface area contributed by atoms with Gasteiger partial charge in [0.1, 0.15) is 11.6 Å². The van der Waals surface area contributed by atoms with Gasteiger partial charge >= 0.3 is 0 Å². The Kier molecular flexibility index (Phi) is 3.20. The van der Waals surface area contributed by atoms with Crippen LogP contribution in [0, 0.1) is 5.82 Å². The Morgan fingerprint density at radius 2 is 1.80 bits per heavy atom. The van der Waals surface area contributed by atoms with Crippen LogP contribution >= 0.6 is 23.2 Å². The lowest BCUT2D eigenvalue weighted by Crippen LogP contribution is -1.98. The standard InChI is InChI=1S/C14H8Cl2FN3/c15-8-2-4-12-9(6-8)13(18)20-14(19-12)7-1-3-10(16)11(17)5-7/h1-6H,(H2,18,19,20). The molecule has 2 N–H and O–H groups in total. The third-order valence-corrected chi connectivity index (χ3v) is 3.41. The van der Waals surface area contributed by atoms with Crippen LogP contribution < -0.4 is 5.73 Å². The molecule has 3 aromatic rings. The van der Waals surface area contributed by atoms with Crippen LogP contribution in [0.5, 0.6) is 0 Å². The van der Waals surface area contributed by atoms with Crippen LogP contribution in [0.2, 0.25) is 10.0 Å². The summed E-state index contributed by atoms with van der Waals surface area (Å²) in [7, 11) is 0. The molecule has 0 spiro atoms. The largest absolute Gasteiger partial charge is 0.383 e. The van der Waals surface area contributed by atoms with Crippen molar-refractivity contribution in [1.82, 2.24) is 9.97 Å². The van der Waals surface area contributed by atoms with Crippen LogP contribution in [0.25, 0.3) is 22.3 Å². The van der Waals surface area contributed by atoms with Crippen molar-refractivity contribution in [2.75, 3.05) is 5.73 Å². The van der Waals surface area contributed by atoms with Crippen molar-refractivity contribution in [3.63, 3.8) is 0 Å². The molecule has 0 saturated heterocycles. The number of aromatic nitrogens is 2. The Hall–Kier alpha value is -1.91. The molecule has 100 valence electrons. The fraction of sp³-hybridized carbons (Fsp3) is 0. The van der Waals surface area contributed by atoms with Crippen LogP contribution in [0.15, 0.2) is 36.4 Å². The molecule has 0 saturated carbocycles. The maximum Gasteiger partial charge on any atom is 0.162 e. The summed E-state index contributed by atoms with van der Waals surface area (Å²) in [5.74, 6) is 0.110. The van der Waals surface area contributed by atoms with Crippen molar-refractivity contribution in [1.29, 1.82) is 0 Å². The first kappa shape index (κ1) is 13.1. The molecule has 3 rings (SSSR count). The maximum absolute atomic E-state index is 13.5. The van der Waals surface area contributed by atoms with Crippen LogP contribution in [-0.2, 0) is 0 Å². The predicted octanol–water partition coefficient (Wildman–Crippen LogP) is 4.32. The van der Waals surface area contributed by atoms with E-state index in [2.05, 4.69) is 9.97 Å². The first-order chi connectivity index (χ1) is 9.54. The lowest BCUT2D eigenvalue weighted by Gasteiger charge is -2.06. The number of fused-ring (bicyclic) bond motifs is 1. The number of halogens is 3. The number of hydrogen-bond donors (Lipinski definition) is 1. The third kappa shape index (κ3) is 2.28. The van der Waals surface area contributed by atoms with Crippen molar-refractivity contribution < 1.29 is 4.39 Å². The topological polar surface area (TPSA) is 51.8 Å². The summed E-state index contributed by atoms with van der Waals surface area (Å²) < 4.78 is 13.5. The van der Waals surface area contributed by atoms with Gasteiger partial charge in [0.15, 0.2) is 5.82 Å². The van der Waals surface area contributed by atoms with Gasteiger partial charge in [0.05, 0.1) is 10.5 Å². The number of nitrogen functional groups attached to an aromatic ring is 1. The highest BCUT2D eigenvalue weighted by atomic mass is 35.5. The lowest BCUT2D eigenvalue weighted by molar-refractivity contribution is 0.628. The summed E-state index contributed by atoms with van der Waals surface area (Å²) in [4.78, 5) is 8.54. The molecule has 0 bridgehead atoms. The molecule has 20 heavy (non-hydrogen) atoms. The fourth-order valence-electron chi connectivity index (χ4n) is 1.89. The van der Waals surface area contributed by atoms with Crippen LogP contribution in [0.3, 0.4) is 0 Å². The summed E-state index contributed by atoms with van der Waals surface area (Å²) in [6.45, 7) is 0. The number of hydrogen-bond acceptors (Lipinski definition) is 3. The highest BCUT2D eigenvalue weighted by Gasteiger charge is 2.10. The van der Waals surface area contributed by atoms with Crippen molar-refractivity contribution >= 4 is 39.9 Å². The van der Waals surface area contributed by atoms with Crippen LogP contribution in [-0.4, -0.2) is 9.97 Å². The molecule has 1 aromatic heterocycles. The molecule has 0 aliphatic carbocycles. The van der Waals surface area contributed by atoms with Crippen molar-refractivity contribution in [3.05, 3.63) is 52.3 Å². The minimum Gasteiger partial charge on any atom is -0.383 e. The zero-order chi connectivity index (χ0) is 14.3. The molecule has 6 heteroatoms. The molecule has 0 aliphatic heterocycles. The van der Waals surface area contributed by atoms with Gasteiger partial charge in [0.25, 0.3) is 0 Å². The highest BCUT2D eigenvalue weighted by molar-refractivity contribution is 6.31. The first-order valence-electron chi connectivity index (χ1n) is 5.73. The molecular weight excluding hydrogens is 300 g/mol. The molecule has 0 radical (unpaired) electrons. The maximum atomic E-state index is 13.5. The Morgan fingerprint density at radius 1 is 1.00 bits per heavy atom. The zero-order valence-corrected chi connectivity index (χ0v) is 11.6. The molecule has 0 aliphatic rings. The highest BCUT2D eigenvalue weighted by Crippen LogP contribution is 2.27. The fourth-order valence-corrected chi connectivity index (χ4v) is 2.18. The molecule has 1 heterocycles. The molecule has 0 fully saturated rings. The van der Waals surface area contributed by atoms with E-state index in [4.69, 9.17) is 28.9 Å². The minimum atomic E-state index is -0.525. The van der Waals surface area contributed by atoms with E-state index in [1.165, 1.54) is 12.1 Å². The second kappa shape index (κ2) is 4.89. The Labute approximate surface area is 124 Å². The van der Waals surface area contributed by atoms with E-state index < -0.39 is 5.82 Å². The van der Waals surface area contributed by atoms with E-state index in [1.54, 1.807) is 24.3 Å². The van der Waals surface area contributed by atoms with Gasteiger partial charge in [-0.05, 0) is 36.4 Å². The van der Waals surface area contributed by atoms with E-state index in [1.807, 2.05) is 0 Å². The quantitative estimate of drug-likeness (QED) is 0.728. The summed E-state index contributed by atoms with van der Waals surface area (Å²) in [5.41, 5.74) is 7.06. The minimum absolute atomic E-state index is 0.0503. The second-order valence-corrected chi connectivity index (χ2v) is 5.07. The monoisotopic (exact) mass is 307 g/mol. The van der Waals surface area contributed by atoms with Crippen molar-refractivity contribution in [2.45, 2.75) is 0 Å². The summed E-state index contributed by atoms with van der Waals surface area (Å²) >= 11 is 11.6. The Balaban J connectivity index is 2.21. The van der Waals surface area contributed by atoms with E-state index in [9.17, 15) is 4.39 Å². The summed E-state index contributed by atoms with van der Waals surface area (Å²) in [6.07, 6.45) is 0. The lowest BCUT2D eigenvalue weighted by atomic mass is 10.2. The van der Waals surface area contributed by atoms with Gasteiger partial charge in [-0.15, -0.1) is 0 Å². The molecule has 3 nitrogen and oxygen atoms in total. The third-order valence-electron chi connectivity index (χ3n) is 2.87. The van der Waals surface area contributed by atoms with Crippen molar-refractivity contribution in [3.8, 4) is 11.4 Å². The Morgan fingerprint density at radius 3 is 2.55 bits per heavy atom. The normalized spacial score (nSPS) is 10.9. The summed E-state index contributed by atoms with van der Waals surface area (Å²) in [6, 6.07) is 9.52. The van der Waals surface area contributed by atoms with Gasteiger partial charge in [-0.1, -0.05) is 23.2 Å². The zero-order valence-electron chi connectivity index (χ0n) is 10.1. The number of nitrogens with two attached hydrogens (primary N) is 1. The number of anilines is 1. The van der Waals surface area contributed by atoms with E-state index in [-0.39, 0.29) is 5.02 Å². The van der Waals surface area contributed by atoms with Gasteiger partial charge in [0.2, 0.25) is 0 Å². The second-order valence-electron chi connectivity index (χ2n) is 4.22. The number of rotatable bonds is 1. The van der Waals surface area contributed by atoms with E-state index in [0.717, 1.165) is 0 Å². The van der Waals surface area contributed by atoms with Gasteiger partial charge < -0.3 is 5.73 Å². The van der Waals surface area contributed by atoms with Crippen LogP contribution in [0.1, 0.15) is 0 Å². The van der Waals surface area contributed by atoms with Gasteiger partial charge in [0, 0.05) is 16.0 Å². The molecule has 0 unspecified atom stereocenters. The smallest absolute Gasteiger partial charge is 0.162 e. The van der Waals surface area contributed by atoms with Crippen LogP contribution in [0.4, 0.5) is 10.2 Å². The molecule has 0 amide bonds. The average molecular weight is 308 g/mol. The van der Waals surface area contributed by atoms with Gasteiger partial charge in [-0.25, -0.2) is 14.4 Å².